The fourth-order valence-corrected chi connectivity index (χ4v) is 4.63. The summed E-state index contributed by atoms with van der Waals surface area (Å²) in [6, 6.07) is 25.7. The van der Waals surface area contributed by atoms with Crippen molar-refractivity contribution in [3.63, 3.8) is 0 Å². The van der Waals surface area contributed by atoms with Crippen molar-refractivity contribution in [3.05, 3.63) is 103 Å². The average molecular weight is 452 g/mol. The molecule has 1 saturated heterocycles. The maximum absolute atomic E-state index is 13.3. The smallest absolute Gasteiger partial charge is 0.253 e. The van der Waals surface area contributed by atoms with Gasteiger partial charge in [-0.05, 0) is 47.7 Å². The minimum atomic E-state index is -0.782. The Morgan fingerprint density at radius 1 is 0.882 bits per heavy atom. The van der Waals surface area contributed by atoms with Gasteiger partial charge in [-0.2, -0.15) is 0 Å². The van der Waals surface area contributed by atoms with Gasteiger partial charge >= 0.3 is 0 Å². The van der Waals surface area contributed by atoms with Crippen LogP contribution in [-0.2, 0) is 11.2 Å². The van der Waals surface area contributed by atoms with Gasteiger partial charge in [-0.25, -0.2) is 0 Å². The van der Waals surface area contributed by atoms with E-state index in [9.17, 15) is 9.59 Å². The second kappa shape index (κ2) is 8.94. The topological polar surface area (TPSA) is 94.1 Å². The SMILES string of the molecule is NC(=O)[C@@]1(Cc2ccc(-c3ccccc3)cc2)CCN(C(=O)c2cccc(-n3cnnc3)c2)C1. The largest absolute Gasteiger partial charge is 0.369 e. The van der Waals surface area contributed by atoms with E-state index in [4.69, 9.17) is 5.73 Å². The van der Waals surface area contributed by atoms with E-state index in [0.717, 1.165) is 22.4 Å². The van der Waals surface area contributed by atoms with Crippen LogP contribution in [0.2, 0.25) is 0 Å². The molecule has 4 aromatic rings. The maximum Gasteiger partial charge on any atom is 0.253 e. The van der Waals surface area contributed by atoms with Gasteiger partial charge in [0, 0.05) is 24.3 Å². The van der Waals surface area contributed by atoms with Crippen molar-refractivity contribution in [1.82, 2.24) is 19.7 Å². The van der Waals surface area contributed by atoms with Crippen molar-refractivity contribution in [2.24, 2.45) is 11.1 Å². The van der Waals surface area contributed by atoms with E-state index < -0.39 is 5.41 Å². The second-order valence-corrected chi connectivity index (χ2v) is 8.78. The number of amides is 2. The van der Waals surface area contributed by atoms with Crippen LogP contribution < -0.4 is 5.73 Å². The first-order valence-corrected chi connectivity index (χ1v) is 11.2. The average Bonchev–Trinajstić information content (AvgIpc) is 3.56. The lowest BCUT2D eigenvalue weighted by Gasteiger charge is -2.26. The molecular weight excluding hydrogens is 426 g/mol. The molecule has 2 N–H and O–H groups in total. The van der Waals surface area contributed by atoms with Crippen LogP contribution in [0.15, 0.2) is 91.5 Å². The van der Waals surface area contributed by atoms with Gasteiger partial charge in [0.1, 0.15) is 12.7 Å². The molecule has 5 rings (SSSR count). The minimum Gasteiger partial charge on any atom is -0.369 e. The molecule has 0 bridgehead atoms. The second-order valence-electron chi connectivity index (χ2n) is 8.78. The summed E-state index contributed by atoms with van der Waals surface area (Å²) >= 11 is 0. The number of hydrogen-bond donors (Lipinski definition) is 1. The number of nitrogens with zero attached hydrogens (tertiary/aromatic N) is 4. The van der Waals surface area contributed by atoms with Gasteiger partial charge in [0.05, 0.1) is 5.41 Å². The highest BCUT2D eigenvalue weighted by atomic mass is 16.2. The van der Waals surface area contributed by atoms with Gasteiger partial charge in [0.15, 0.2) is 0 Å². The Kier molecular flexibility index (Phi) is 5.67. The predicted octanol–water partition coefficient (Wildman–Crippen LogP) is 3.49. The zero-order valence-electron chi connectivity index (χ0n) is 18.7. The van der Waals surface area contributed by atoms with Crippen LogP contribution in [0, 0.1) is 5.41 Å². The molecule has 1 fully saturated rings. The number of aromatic nitrogens is 3. The van der Waals surface area contributed by atoms with Crippen LogP contribution in [0.25, 0.3) is 16.8 Å². The molecule has 1 aromatic heterocycles. The van der Waals surface area contributed by atoms with E-state index in [2.05, 4.69) is 34.5 Å². The molecule has 0 aliphatic carbocycles. The Hall–Kier alpha value is -4.26. The number of hydrogen-bond acceptors (Lipinski definition) is 4. The van der Waals surface area contributed by atoms with Crippen molar-refractivity contribution in [1.29, 1.82) is 0 Å². The number of primary amides is 1. The molecule has 2 amide bonds. The molecule has 1 aliphatic heterocycles. The summed E-state index contributed by atoms with van der Waals surface area (Å²) in [4.78, 5) is 27.6. The van der Waals surface area contributed by atoms with Crippen LogP contribution in [0.3, 0.4) is 0 Å². The van der Waals surface area contributed by atoms with Crippen LogP contribution in [-0.4, -0.2) is 44.6 Å². The zero-order valence-corrected chi connectivity index (χ0v) is 18.7. The van der Waals surface area contributed by atoms with E-state index >= 15 is 0 Å². The summed E-state index contributed by atoms with van der Waals surface area (Å²) in [7, 11) is 0. The monoisotopic (exact) mass is 451 g/mol. The normalized spacial score (nSPS) is 17.6. The summed E-state index contributed by atoms with van der Waals surface area (Å²) in [5.41, 5.74) is 9.76. The summed E-state index contributed by atoms with van der Waals surface area (Å²) in [6.45, 7) is 0.791. The number of rotatable bonds is 6. The highest BCUT2D eigenvalue weighted by Crippen LogP contribution is 2.35. The minimum absolute atomic E-state index is 0.113. The highest BCUT2D eigenvalue weighted by molar-refractivity contribution is 5.96. The number of likely N-dealkylation sites (tertiary alicyclic amines) is 1. The summed E-state index contributed by atoms with van der Waals surface area (Å²) < 4.78 is 1.74. The third kappa shape index (κ3) is 4.20. The van der Waals surface area contributed by atoms with Gasteiger partial charge in [0.2, 0.25) is 5.91 Å². The quantitative estimate of drug-likeness (QED) is 0.486. The maximum atomic E-state index is 13.3. The Morgan fingerprint density at radius 3 is 2.29 bits per heavy atom. The summed E-state index contributed by atoms with van der Waals surface area (Å²) in [5.74, 6) is -0.481. The number of carbonyl (C=O) groups is 2. The van der Waals surface area contributed by atoms with Gasteiger partial charge in [0.25, 0.3) is 5.91 Å². The molecule has 0 saturated carbocycles. The molecule has 3 aromatic carbocycles. The fraction of sp³-hybridized carbons (Fsp3) is 0.185. The van der Waals surface area contributed by atoms with E-state index in [1.54, 1.807) is 34.3 Å². The molecule has 0 unspecified atom stereocenters. The Bertz CT molecular complexity index is 1300. The number of benzene rings is 3. The molecule has 0 spiro atoms. The van der Waals surface area contributed by atoms with Crippen LogP contribution >= 0.6 is 0 Å². The molecule has 7 nitrogen and oxygen atoms in total. The molecule has 1 atom stereocenters. The first-order valence-electron chi connectivity index (χ1n) is 11.2. The van der Waals surface area contributed by atoms with E-state index in [1.807, 2.05) is 42.5 Å². The van der Waals surface area contributed by atoms with Gasteiger partial charge < -0.3 is 10.6 Å². The summed E-state index contributed by atoms with van der Waals surface area (Å²) in [6.07, 6.45) is 4.21. The molecule has 0 radical (unpaired) electrons. The molecular formula is C27H25N5O2. The Labute approximate surface area is 197 Å². The van der Waals surface area contributed by atoms with Crippen molar-refractivity contribution >= 4 is 11.8 Å². The lowest BCUT2D eigenvalue weighted by atomic mass is 9.80. The molecule has 7 heteroatoms. The Morgan fingerprint density at radius 2 is 1.59 bits per heavy atom. The molecule has 170 valence electrons. The third-order valence-corrected chi connectivity index (χ3v) is 6.58. The van der Waals surface area contributed by atoms with Crippen molar-refractivity contribution in [2.45, 2.75) is 12.8 Å². The molecule has 34 heavy (non-hydrogen) atoms. The van der Waals surface area contributed by atoms with Crippen LogP contribution in [0.4, 0.5) is 0 Å². The predicted molar refractivity (Wildman–Crippen MR) is 129 cm³/mol. The molecule has 1 aliphatic rings. The van der Waals surface area contributed by atoms with Crippen molar-refractivity contribution in [3.8, 4) is 16.8 Å². The van der Waals surface area contributed by atoms with E-state index in [1.165, 1.54) is 0 Å². The van der Waals surface area contributed by atoms with Crippen LogP contribution in [0.5, 0.6) is 0 Å². The van der Waals surface area contributed by atoms with E-state index in [0.29, 0.717) is 31.5 Å². The highest BCUT2D eigenvalue weighted by Gasteiger charge is 2.44. The van der Waals surface area contributed by atoms with Crippen molar-refractivity contribution in [2.75, 3.05) is 13.1 Å². The van der Waals surface area contributed by atoms with Crippen LogP contribution in [0.1, 0.15) is 22.3 Å². The van der Waals surface area contributed by atoms with Gasteiger partial charge in [-0.1, -0.05) is 60.7 Å². The molecule has 2 heterocycles. The zero-order chi connectivity index (χ0) is 23.5. The van der Waals surface area contributed by atoms with E-state index in [-0.39, 0.29) is 11.8 Å². The van der Waals surface area contributed by atoms with Gasteiger partial charge in [-0.3, -0.25) is 14.2 Å². The first-order chi connectivity index (χ1) is 16.5. The third-order valence-electron chi connectivity index (χ3n) is 6.58. The fourth-order valence-electron chi connectivity index (χ4n) is 4.63. The van der Waals surface area contributed by atoms with Crippen molar-refractivity contribution < 1.29 is 9.59 Å². The summed E-state index contributed by atoms with van der Waals surface area (Å²) in [5, 5.41) is 7.64. The van der Waals surface area contributed by atoms with Gasteiger partial charge in [-0.15, -0.1) is 10.2 Å². The number of carbonyl (C=O) groups excluding carboxylic acids is 2. The Balaban J connectivity index is 1.33. The standard InChI is InChI=1S/C27H25N5O2/c28-26(34)27(16-20-9-11-22(12-10-20)21-5-2-1-3-6-21)13-14-31(17-27)25(33)23-7-4-8-24(15-23)32-18-29-30-19-32/h1-12,15,18-19H,13-14,16-17H2,(H2,28,34)/t27-/m1/s1. The first kappa shape index (κ1) is 21.6. The number of nitrogens with two attached hydrogens (primary N) is 1. The lowest BCUT2D eigenvalue weighted by Crippen LogP contribution is -2.42. The lowest BCUT2D eigenvalue weighted by molar-refractivity contribution is -0.126.